The highest BCUT2D eigenvalue weighted by Crippen LogP contribution is 2.16. The van der Waals surface area contributed by atoms with Gasteiger partial charge in [0.1, 0.15) is 5.82 Å². The molecule has 0 saturated carbocycles. The molecule has 0 spiro atoms. The number of imidazole rings is 1. The number of aromatic nitrogens is 4. The molecular formula is C15H23N5O. The summed E-state index contributed by atoms with van der Waals surface area (Å²) in [6.45, 7) is 2.11. The Morgan fingerprint density at radius 3 is 2.76 bits per heavy atom. The van der Waals surface area contributed by atoms with E-state index >= 15 is 0 Å². The van der Waals surface area contributed by atoms with Crippen molar-refractivity contribution in [2.45, 2.75) is 38.6 Å². The molecule has 0 bridgehead atoms. The van der Waals surface area contributed by atoms with Crippen LogP contribution in [-0.4, -0.2) is 25.2 Å². The molecule has 2 rings (SSSR count). The predicted octanol–water partition coefficient (Wildman–Crippen LogP) is 1.74. The van der Waals surface area contributed by atoms with Crippen LogP contribution in [0.5, 0.6) is 0 Å². The lowest BCUT2D eigenvalue weighted by Gasteiger charge is -2.18. The number of hydrogen-bond donors (Lipinski definition) is 1. The molecule has 0 aliphatic rings. The number of carbonyl (C=O) groups is 1. The minimum Gasteiger partial charge on any atom is -0.346 e. The third-order valence-corrected chi connectivity index (χ3v) is 3.61. The van der Waals surface area contributed by atoms with Crippen molar-refractivity contribution in [3.8, 4) is 0 Å². The predicted molar refractivity (Wildman–Crippen MR) is 80.5 cm³/mol. The summed E-state index contributed by atoms with van der Waals surface area (Å²) in [5.74, 6) is 0.961. The number of nitrogens with zero attached hydrogens (tertiary/aromatic N) is 4. The van der Waals surface area contributed by atoms with Crippen molar-refractivity contribution in [1.82, 2.24) is 24.6 Å². The smallest absolute Gasteiger partial charge is 0.220 e. The normalized spacial score (nSPS) is 12.3. The molecule has 1 N–H and O–H groups in total. The first-order valence-corrected chi connectivity index (χ1v) is 7.35. The lowest BCUT2D eigenvalue weighted by atomic mass is 10.1. The van der Waals surface area contributed by atoms with Gasteiger partial charge in [-0.25, -0.2) is 4.98 Å². The van der Waals surface area contributed by atoms with E-state index < -0.39 is 0 Å². The molecule has 2 aromatic rings. The second-order valence-corrected chi connectivity index (χ2v) is 5.25. The van der Waals surface area contributed by atoms with Gasteiger partial charge in [0.25, 0.3) is 0 Å². The molecule has 6 nitrogen and oxygen atoms in total. The number of aryl methyl sites for hydroxylation is 3. The van der Waals surface area contributed by atoms with Crippen LogP contribution in [-0.2, 0) is 25.3 Å². The molecule has 0 fully saturated rings. The molecule has 21 heavy (non-hydrogen) atoms. The maximum atomic E-state index is 12.2. The van der Waals surface area contributed by atoms with E-state index in [9.17, 15) is 4.79 Å². The van der Waals surface area contributed by atoms with Crippen LogP contribution in [0.25, 0.3) is 0 Å². The zero-order valence-corrected chi connectivity index (χ0v) is 12.9. The van der Waals surface area contributed by atoms with Crippen molar-refractivity contribution in [3.05, 3.63) is 36.2 Å². The summed E-state index contributed by atoms with van der Waals surface area (Å²) in [6.07, 6.45) is 8.47. The number of hydrogen-bond acceptors (Lipinski definition) is 3. The van der Waals surface area contributed by atoms with Crippen molar-refractivity contribution < 1.29 is 4.79 Å². The van der Waals surface area contributed by atoms with Gasteiger partial charge in [0.15, 0.2) is 0 Å². The molecule has 0 saturated heterocycles. The van der Waals surface area contributed by atoms with E-state index in [2.05, 4.69) is 22.3 Å². The third-order valence-electron chi connectivity index (χ3n) is 3.61. The van der Waals surface area contributed by atoms with Gasteiger partial charge in [0, 0.05) is 44.8 Å². The molecule has 0 aliphatic carbocycles. The largest absolute Gasteiger partial charge is 0.346 e. The Labute approximate surface area is 125 Å². The number of carbonyl (C=O) groups excluding carboxylic acids is 1. The summed E-state index contributed by atoms with van der Waals surface area (Å²) in [5.41, 5.74) is 1.06. The number of nitrogens with one attached hydrogen (secondary N) is 1. The van der Waals surface area contributed by atoms with Crippen LogP contribution in [0.15, 0.2) is 24.7 Å². The van der Waals surface area contributed by atoms with Gasteiger partial charge in [-0.3, -0.25) is 9.48 Å². The molecule has 2 heterocycles. The summed E-state index contributed by atoms with van der Waals surface area (Å²) >= 11 is 0. The Morgan fingerprint density at radius 1 is 1.38 bits per heavy atom. The molecule has 0 radical (unpaired) electrons. The van der Waals surface area contributed by atoms with E-state index in [1.54, 1.807) is 17.1 Å². The van der Waals surface area contributed by atoms with E-state index in [4.69, 9.17) is 0 Å². The molecule has 1 amide bonds. The Balaban J connectivity index is 1.93. The average molecular weight is 289 g/mol. The van der Waals surface area contributed by atoms with Crippen molar-refractivity contribution in [1.29, 1.82) is 0 Å². The van der Waals surface area contributed by atoms with Crippen molar-refractivity contribution in [2.24, 2.45) is 14.1 Å². The molecule has 114 valence electrons. The first kappa shape index (κ1) is 15.3. The third kappa shape index (κ3) is 3.93. The molecular weight excluding hydrogens is 266 g/mol. The van der Waals surface area contributed by atoms with Gasteiger partial charge >= 0.3 is 0 Å². The van der Waals surface area contributed by atoms with E-state index in [1.807, 2.05) is 30.9 Å². The number of amides is 1. The molecule has 1 unspecified atom stereocenters. The molecule has 6 heteroatoms. The fraction of sp³-hybridized carbons (Fsp3) is 0.533. The quantitative estimate of drug-likeness (QED) is 0.844. The maximum Gasteiger partial charge on any atom is 0.220 e. The SMILES string of the molecule is CCCC(NC(=O)CCc1ccnn1C)c1nccn1C. The van der Waals surface area contributed by atoms with Gasteiger partial charge < -0.3 is 9.88 Å². The second-order valence-electron chi connectivity index (χ2n) is 5.25. The second kappa shape index (κ2) is 7.06. The molecule has 0 aromatic carbocycles. The highest BCUT2D eigenvalue weighted by molar-refractivity contribution is 5.76. The first-order valence-electron chi connectivity index (χ1n) is 7.35. The van der Waals surface area contributed by atoms with Gasteiger partial charge in [-0.05, 0) is 18.9 Å². The van der Waals surface area contributed by atoms with Crippen molar-refractivity contribution in [3.63, 3.8) is 0 Å². The zero-order valence-electron chi connectivity index (χ0n) is 12.9. The molecule has 2 aromatic heterocycles. The van der Waals surface area contributed by atoms with E-state index in [1.165, 1.54) is 0 Å². The average Bonchev–Trinajstić information content (AvgIpc) is 3.05. The zero-order chi connectivity index (χ0) is 15.2. The fourth-order valence-corrected chi connectivity index (χ4v) is 2.42. The molecule has 1 atom stereocenters. The standard InChI is InChI=1S/C15H23N5O/c1-4-5-13(15-16-10-11-19(15)2)18-14(21)7-6-12-8-9-17-20(12)3/h8-11,13H,4-7H2,1-3H3,(H,18,21). The Bertz CT molecular complexity index is 586. The van der Waals surface area contributed by atoms with E-state index in [0.29, 0.717) is 12.8 Å². The lowest BCUT2D eigenvalue weighted by Crippen LogP contribution is -2.30. The maximum absolute atomic E-state index is 12.2. The van der Waals surface area contributed by atoms with Gasteiger partial charge in [0.2, 0.25) is 5.91 Å². The Hall–Kier alpha value is -2.11. The summed E-state index contributed by atoms with van der Waals surface area (Å²) < 4.78 is 3.76. The lowest BCUT2D eigenvalue weighted by molar-refractivity contribution is -0.121. The minimum atomic E-state index is -0.0194. The van der Waals surface area contributed by atoms with Gasteiger partial charge in [-0.1, -0.05) is 13.3 Å². The van der Waals surface area contributed by atoms with E-state index in [-0.39, 0.29) is 11.9 Å². The van der Waals surface area contributed by atoms with Crippen LogP contribution in [0.1, 0.15) is 43.7 Å². The highest BCUT2D eigenvalue weighted by atomic mass is 16.1. The van der Waals surface area contributed by atoms with E-state index in [0.717, 1.165) is 24.4 Å². The minimum absolute atomic E-state index is 0.0194. The van der Waals surface area contributed by atoms with Crippen LogP contribution in [0.4, 0.5) is 0 Å². The van der Waals surface area contributed by atoms with Crippen LogP contribution >= 0.6 is 0 Å². The molecule has 0 aliphatic heterocycles. The van der Waals surface area contributed by atoms with Crippen LogP contribution in [0.3, 0.4) is 0 Å². The van der Waals surface area contributed by atoms with Gasteiger partial charge in [-0.15, -0.1) is 0 Å². The van der Waals surface area contributed by atoms with Crippen LogP contribution < -0.4 is 5.32 Å². The monoisotopic (exact) mass is 289 g/mol. The number of rotatable bonds is 7. The summed E-state index contributed by atoms with van der Waals surface area (Å²) in [7, 11) is 3.84. The Morgan fingerprint density at radius 2 is 2.19 bits per heavy atom. The van der Waals surface area contributed by atoms with Crippen molar-refractivity contribution in [2.75, 3.05) is 0 Å². The van der Waals surface area contributed by atoms with Crippen molar-refractivity contribution >= 4 is 5.91 Å². The van der Waals surface area contributed by atoms with Gasteiger partial charge in [0.05, 0.1) is 6.04 Å². The van der Waals surface area contributed by atoms with Crippen LogP contribution in [0.2, 0.25) is 0 Å². The van der Waals surface area contributed by atoms with Gasteiger partial charge in [-0.2, -0.15) is 5.10 Å². The summed E-state index contributed by atoms with van der Waals surface area (Å²) in [5, 5.41) is 7.20. The summed E-state index contributed by atoms with van der Waals surface area (Å²) in [4.78, 5) is 16.5. The topological polar surface area (TPSA) is 64.7 Å². The fourth-order valence-electron chi connectivity index (χ4n) is 2.42. The summed E-state index contributed by atoms with van der Waals surface area (Å²) in [6, 6.07) is 1.92. The Kier molecular flexibility index (Phi) is 5.14. The first-order chi connectivity index (χ1) is 10.1. The van der Waals surface area contributed by atoms with Crippen LogP contribution in [0, 0.1) is 0 Å². The highest BCUT2D eigenvalue weighted by Gasteiger charge is 2.17.